The maximum atomic E-state index is 11.0. The second-order valence-corrected chi connectivity index (χ2v) is 5.73. The van der Waals surface area contributed by atoms with Crippen molar-refractivity contribution in [3.8, 4) is 0 Å². The van der Waals surface area contributed by atoms with Crippen molar-refractivity contribution in [2.75, 3.05) is 5.43 Å². The number of anilines is 1. The monoisotopic (exact) mass is 337 g/mol. The smallest absolute Gasteiger partial charge is 0.272 e. The molecule has 0 aliphatic rings. The number of unbranched alkanes of at least 4 members (excludes halogenated alkanes) is 2. The van der Waals surface area contributed by atoms with Crippen molar-refractivity contribution in [3.63, 3.8) is 0 Å². The molecule has 2 aromatic carbocycles. The van der Waals surface area contributed by atoms with E-state index >= 15 is 0 Å². The molecule has 2 aromatic rings. The van der Waals surface area contributed by atoms with Crippen LogP contribution in [-0.2, 0) is 0 Å². The van der Waals surface area contributed by atoms with E-state index in [2.05, 4.69) is 23.5 Å². The van der Waals surface area contributed by atoms with Crippen molar-refractivity contribution in [1.82, 2.24) is 0 Å². The first-order chi connectivity index (χ1) is 12.2. The van der Waals surface area contributed by atoms with Gasteiger partial charge in [0.15, 0.2) is 0 Å². The summed E-state index contributed by atoms with van der Waals surface area (Å²) >= 11 is 0. The molecule has 2 rings (SSSR count). The van der Waals surface area contributed by atoms with Gasteiger partial charge >= 0.3 is 0 Å². The van der Waals surface area contributed by atoms with Gasteiger partial charge in [-0.25, -0.2) is 0 Å². The molecule has 0 saturated carbocycles. The summed E-state index contributed by atoms with van der Waals surface area (Å²) in [5.41, 5.74) is 5.39. The lowest BCUT2D eigenvalue weighted by Crippen LogP contribution is -1.97. The van der Waals surface area contributed by atoms with Crippen molar-refractivity contribution in [2.24, 2.45) is 5.10 Å². The standard InChI is InChI=1S/C20H23N3O2/c1-2-3-5-12-18(15-17-10-6-4-7-11-17)16-21-22-19-13-8-9-14-20(19)23(24)25/h4,6-11,13-16,22H,2-3,5,12H2,1H3/b18-15+,21-16-. The second kappa shape index (κ2) is 10.0. The van der Waals surface area contributed by atoms with Gasteiger partial charge in [0.05, 0.1) is 11.1 Å². The van der Waals surface area contributed by atoms with Crippen molar-refractivity contribution >= 4 is 23.7 Å². The molecular formula is C20H23N3O2. The fourth-order valence-corrected chi connectivity index (χ4v) is 2.43. The predicted molar refractivity (Wildman–Crippen MR) is 104 cm³/mol. The highest BCUT2D eigenvalue weighted by molar-refractivity contribution is 5.86. The van der Waals surface area contributed by atoms with Gasteiger partial charge in [0.2, 0.25) is 0 Å². The van der Waals surface area contributed by atoms with Crippen LogP contribution in [0.15, 0.2) is 65.3 Å². The minimum atomic E-state index is -0.417. The molecule has 0 atom stereocenters. The minimum Gasteiger partial charge on any atom is -0.272 e. The van der Waals surface area contributed by atoms with Gasteiger partial charge in [-0.05, 0) is 30.0 Å². The van der Waals surface area contributed by atoms with Gasteiger partial charge in [0.1, 0.15) is 5.69 Å². The van der Waals surface area contributed by atoms with Crippen LogP contribution in [0, 0.1) is 10.1 Å². The zero-order chi connectivity index (χ0) is 17.9. The molecule has 0 spiro atoms. The van der Waals surface area contributed by atoms with E-state index in [1.165, 1.54) is 6.07 Å². The van der Waals surface area contributed by atoms with Crippen LogP contribution < -0.4 is 5.43 Å². The zero-order valence-corrected chi connectivity index (χ0v) is 14.4. The molecule has 0 bridgehead atoms. The molecule has 0 heterocycles. The highest BCUT2D eigenvalue weighted by atomic mass is 16.6. The molecule has 0 unspecified atom stereocenters. The quantitative estimate of drug-likeness (QED) is 0.278. The van der Waals surface area contributed by atoms with E-state index in [0.29, 0.717) is 5.69 Å². The van der Waals surface area contributed by atoms with Gasteiger partial charge in [-0.2, -0.15) is 5.10 Å². The van der Waals surface area contributed by atoms with Crippen LogP contribution in [0.25, 0.3) is 6.08 Å². The van der Waals surface area contributed by atoms with Gasteiger partial charge in [-0.3, -0.25) is 15.5 Å². The third-order valence-corrected chi connectivity index (χ3v) is 3.74. The number of nitrogens with zero attached hydrogens (tertiary/aromatic N) is 2. The summed E-state index contributed by atoms with van der Waals surface area (Å²) in [4.78, 5) is 10.6. The Morgan fingerprint density at radius 2 is 1.84 bits per heavy atom. The Balaban J connectivity index is 2.12. The van der Waals surface area contributed by atoms with Crippen molar-refractivity contribution in [3.05, 3.63) is 75.8 Å². The molecular weight excluding hydrogens is 314 g/mol. The van der Waals surface area contributed by atoms with Crippen LogP contribution >= 0.6 is 0 Å². The number of rotatable bonds is 9. The van der Waals surface area contributed by atoms with E-state index in [9.17, 15) is 10.1 Å². The summed E-state index contributed by atoms with van der Waals surface area (Å²) in [7, 11) is 0. The number of hydrazone groups is 1. The average molecular weight is 337 g/mol. The van der Waals surface area contributed by atoms with Gasteiger partial charge in [0, 0.05) is 6.07 Å². The summed E-state index contributed by atoms with van der Waals surface area (Å²) < 4.78 is 0. The van der Waals surface area contributed by atoms with Crippen molar-refractivity contribution in [2.45, 2.75) is 32.6 Å². The first-order valence-corrected chi connectivity index (χ1v) is 8.49. The first kappa shape index (κ1) is 18.4. The first-order valence-electron chi connectivity index (χ1n) is 8.49. The summed E-state index contributed by atoms with van der Waals surface area (Å²) in [5.74, 6) is 0. The fourth-order valence-electron chi connectivity index (χ4n) is 2.43. The van der Waals surface area contributed by atoms with Crippen LogP contribution in [-0.4, -0.2) is 11.1 Å². The molecule has 0 aromatic heterocycles. The number of nitro benzene ring substituents is 1. The number of para-hydroxylation sites is 2. The average Bonchev–Trinajstić information content (AvgIpc) is 2.63. The topological polar surface area (TPSA) is 67.5 Å². The number of allylic oxidation sites excluding steroid dienone is 1. The number of benzene rings is 2. The molecule has 0 aliphatic carbocycles. The SMILES string of the molecule is CCCCCC(/C=N\Nc1ccccc1[N+](=O)[O-])=C\c1ccccc1. The number of nitro groups is 1. The Morgan fingerprint density at radius 1 is 1.12 bits per heavy atom. The van der Waals surface area contributed by atoms with Gasteiger partial charge in [0.25, 0.3) is 5.69 Å². The summed E-state index contributed by atoms with van der Waals surface area (Å²) in [6.45, 7) is 2.17. The third kappa shape index (κ3) is 6.22. The molecule has 25 heavy (non-hydrogen) atoms. The van der Waals surface area contributed by atoms with Crippen LogP contribution in [0.1, 0.15) is 38.2 Å². The fraction of sp³-hybridized carbons (Fsp3) is 0.250. The molecule has 5 nitrogen and oxygen atoms in total. The molecule has 0 aliphatic heterocycles. The van der Waals surface area contributed by atoms with E-state index in [-0.39, 0.29) is 5.69 Å². The Bertz CT molecular complexity index is 740. The normalized spacial score (nSPS) is 11.6. The van der Waals surface area contributed by atoms with Gasteiger partial charge in [-0.1, -0.05) is 68.3 Å². The molecule has 5 heteroatoms. The molecule has 0 saturated heterocycles. The maximum absolute atomic E-state index is 11.0. The molecule has 1 N–H and O–H groups in total. The summed E-state index contributed by atoms with van der Waals surface area (Å²) in [6, 6.07) is 16.6. The summed E-state index contributed by atoms with van der Waals surface area (Å²) in [5, 5.41) is 15.2. The largest absolute Gasteiger partial charge is 0.294 e. The lowest BCUT2D eigenvalue weighted by Gasteiger charge is -2.04. The van der Waals surface area contributed by atoms with E-state index in [4.69, 9.17) is 0 Å². The number of hydrogen-bond acceptors (Lipinski definition) is 4. The Hall–Kier alpha value is -2.95. The Morgan fingerprint density at radius 3 is 2.56 bits per heavy atom. The zero-order valence-electron chi connectivity index (χ0n) is 14.4. The lowest BCUT2D eigenvalue weighted by atomic mass is 10.1. The van der Waals surface area contributed by atoms with Crippen LogP contribution in [0.5, 0.6) is 0 Å². The minimum absolute atomic E-state index is 0.0132. The predicted octanol–water partition coefficient (Wildman–Crippen LogP) is 5.66. The summed E-state index contributed by atoms with van der Waals surface area (Å²) in [6.07, 6.45) is 8.18. The third-order valence-electron chi connectivity index (χ3n) is 3.74. The molecule has 0 amide bonds. The molecule has 130 valence electrons. The van der Waals surface area contributed by atoms with E-state index < -0.39 is 4.92 Å². The van der Waals surface area contributed by atoms with E-state index in [1.807, 2.05) is 30.3 Å². The van der Waals surface area contributed by atoms with Crippen molar-refractivity contribution < 1.29 is 4.92 Å². The van der Waals surface area contributed by atoms with Crippen LogP contribution in [0.3, 0.4) is 0 Å². The van der Waals surface area contributed by atoms with Crippen molar-refractivity contribution in [1.29, 1.82) is 0 Å². The van der Waals surface area contributed by atoms with E-state index in [1.54, 1.807) is 24.4 Å². The van der Waals surface area contributed by atoms with Crippen LogP contribution in [0.2, 0.25) is 0 Å². The van der Waals surface area contributed by atoms with E-state index in [0.717, 1.165) is 36.8 Å². The lowest BCUT2D eigenvalue weighted by molar-refractivity contribution is -0.384. The Labute approximate surface area is 148 Å². The Kier molecular flexibility index (Phi) is 7.38. The van der Waals surface area contributed by atoms with Crippen LogP contribution in [0.4, 0.5) is 11.4 Å². The molecule has 0 radical (unpaired) electrons. The molecule has 0 fully saturated rings. The number of nitrogens with one attached hydrogen (secondary N) is 1. The maximum Gasteiger partial charge on any atom is 0.294 e. The highest BCUT2D eigenvalue weighted by Crippen LogP contribution is 2.23. The highest BCUT2D eigenvalue weighted by Gasteiger charge is 2.10. The van der Waals surface area contributed by atoms with Gasteiger partial charge < -0.3 is 0 Å². The number of hydrogen-bond donors (Lipinski definition) is 1. The second-order valence-electron chi connectivity index (χ2n) is 5.73. The van der Waals surface area contributed by atoms with Gasteiger partial charge in [-0.15, -0.1) is 0 Å².